The molecule has 1 aliphatic rings. The average Bonchev–Trinajstić information content (AvgIpc) is 2.46. The monoisotopic (exact) mass is 263 g/mol. The second kappa shape index (κ2) is 6.82. The molecular weight excluding hydrogens is 238 g/mol. The number of aromatic nitrogens is 2. The summed E-state index contributed by atoms with van der Waals surface area (Å²) in [6.45, 7) is 4.21. The first-order valence-electron chi connectivity index (χ1n) is 7.07. The van der Waals surface area contributed by atoms with E-state index in [-0.39, 0.29) is 0 Å². The number of nitrogens with zero attached hydrogens (tertiary/aromatic N) is 4. The molecule has 5 heteroatoms. The van der Waals surface area contributed by atoms with Crippen molar-refractivity contribution in [2.45, 2.75) is 18.8 Å². The summed E-state index contributed by atoms with van der Waals surface area (Å²) < 4.78 is 0. The molecule has 2 heterocycles. The van der Waals surface area contributed by atoms with Crippen LogP contribution in [-0.2, 0) is 0 Å². The van der Waals surface area contributed by atoms with Crippen molar-refractivity contribution in [1.29, 1.82) is 0 Å². The van der Waals surface area contributed by atoms with E-state index >= 15 is 0 Å². The zero-order valence-corrected chi connectivity index (χ0v) is 12.3. The highest BCUT2D eigenvalue weighted by Gasteiger charge is 2.19. The molecule has 1 saturated heterocycles. The van der Waals surface area contributed by atoms with Crippen LogP contribution in [0.5, 0.6) is 0 Å². The number of hydrogen-bond acceptors (Lipinski definition) is 5. The van der Waals surface area contributed by atoms with Crippen LogP contribution in [-0.4, -0.2) is 62.2 Å². The minimum atomic E-state index is 0.632. The fraction of sp³-hybridized carbons (Fsp3) is 0.714. The number of hydrogen-bond donors (Lipinski definition) is 1. The van der Waals surface area contributed by atoms with E-state index in [4.69, 9.17) is 0 Å². The van der Waals surface area contributed by atoms with Crippen LogP contribution >= 0.6 is 0 Å². The Bertz CT molecular complexity index is 370. The summed E-state index contributed by atoms with van der Waals surface area (Å²) in [6, 6.07) is 0. The number of anilines is 1. The minimum Gasteiger partial charge on any atom is -0.343 e. The molecular formula is C14H25N5. The zero-order chi connectivity index (χ0) is 13.7. The van der Waals surface area contributed by atoms with Crippen molar-refractivity contribution >= 4 is 5.95 Å². The van der Waals surface area contributed by atoms with Gasteiger partial charge in [-0.15, -0.1) is 0 Å². The van der Waals surface area contributed by atoms with Crippen molar-refractivity contribution < 1.29 is 0 Å². The molecule has 0 amide bonds. The third kappa shape index (κ3) is 3.88. The molecule has 5 nitrogen and oxygen atoms in total. The molecule has 1 N–H and O–H groups in total. The van der Waals surface area contributed by atoms with Crippen LogP contribution in [0.3, 0.4) is 0 Å². The molecule has 1 aliphatic heterocycles. The molecule has 0 atom stereocenters. The maximum atomic E-state index is 4.50. The number of likely N-dealkylation sites (tertiary alicyclic amines) is 1. The van der Waals surface area contributed by atoms with Gasteiger partial charge < -0.3 is 15.1 Å². The molecule has 0 radical (unpaired) electrons. The normalized spacial score (nSPS) is 17.6. The maximum Gasteiger partial charge on any atom is 0.225 e. The fourth-order valence-corrected chi connectivity index (χ4v) is 2.46. The van der Waals surface area contributed by atoms with Crippen LogP contribution < -0.4 is 10.2 Å². The minimum absolute atomic E-state index is 0.632. The second-order valence-corrected chi connectivity index (χ2v) is 5.42. The van der Waals surface area contributed by atoms with Gasteiger partial charge in [0.1, 0.15) is 0 Å². The number of piperidine rings is 1. The highest BCUT2D eigenvalue weighted by Crippen LogP contribution is 2.26. The topological polar surface area (TPSA) is 44.3 Å². The van der Waals surface area contributed by atoms with Gasteiger partial charge in [0, 0.05) is 32.5 Å². The molecule has 2 rings (SSSR count). The first-order valence-corrected chi connectivity index (χ1v) is 7.07. The molecule has 0 aromatic carbocycles. The number of likely N-dealkylation sites (N-methyl/N-ethyl adjacent to an activating group) is 2. The molecule has 0 bridgehead atoms. The van der Waals surface area contributed by atoms with Crippen molar-refractivity contribution in [2.24, 2.45) is 0 Å². The van der Waals surface area contributed by atoms with Crippen LogP contribution in [0.4, 0.5) is 5.95 Å². The Kier molecular flexibility index (Phi) is 5.10. The molecule has 1 fully saturated rings. The van der Waals surface area contributed by atoms with Gasteiger partial charge in [0.2, 0.25) is 5.95 Å². The Morgan fingerprint density at radius 1 is 1.32 bits per heavy atom. The Balaban J connectivity index is 1.94. The van der Waals surface area contributed by atoms with Gasteiger partial charge in [-0.3, -0.25) is 0 Å². The van der Waals surface area contributed by atoms with Crippen LogP contribution in [0, 0.1) is 0 Å². The van der Waals surface area contributed by atoms with Gasteiger partial charge in [-0.25, -0.2) is 9.97 Å². The molecule has 0 saturated carbocycles. The van der Waals surface area contributed by atoms with Crippen molar-refractivity contribution in [3.63, 3.8) is 0 Å². The van der Waals surface area contributed by atoms with Gasteiger partial charge in [0.15, 0.2) is 0 Å². The molecule has 1 aromatic heterocycles. The summed E-state index contributed by atoms with van der Waals surface area (Å²) in [6.07, 6.45) is 6.45. The number of rotatable bonds is 5. The fourth-order valence-electron chi connectivity index (χ4n) is 2.46. The van der Waals surface area contributed by atoms with Crippen molar-refractivity contribution in [3.05, 3.63) is 18.0 Å². The van der Waals surface area contributed by atoms with Crippen LogP contribution in [0.15, 0.2) is 12.4 Å². The summed E-state index contributed by atoms with van der Waals surface area (Å²) in [5, 5.41) is 3.13. The van der Waals surface area contributed by atoms with Gasteiger partial charge in [-0.05, 0) is 51.5 Å². The largest absolute Gasteiger partial charge is 0.343 e. The SMILES string of the molecule is CNCCN(C)c1ncc(C2CCN(C)CC2)cn1. The van der Waals surface area contributed by atoms with Crippen LogP contribution in [0.2, 0.25) is 0 Å². The van der Waals surface area contributed by atoms with Gasteiger partial charge in [0.05, 0.1) is 0 Å². The lowest BCUT2D eigenvalue weighted by Crippen LogP contribution is -2.30. The zero-order valence-electron chi connectivity index (χ0n) is 12.3. The third-order valence-corrected chi connectivity index (χ3v) is 3.89. The van der Waals surface area contributed by atoms with Crippen molar-refractivity contribution in [1.82, 2.24) is 20.2 Å². The molecule has 0 spiro atoms. The summed E-state index contributed by atoms with van der Waals surface area (Å²) in [5.74, 6) is 1.44. The van der Waals surface area contributed by atoms with Crippen molar-refractivity contribution in [2.75, 3.05) is 52.2 Å². The van der Waals surface area contributed by atoms with Gasteiger partial charge in [-0.1, -0.05) is 0 Å². The van der Waals surface area contributed by atoms with Crippen LogP contribution in [0.1, 0.15) is 24.3 Å². The lowest BCUT2D eigenvalue weighted by molar-refractivity contribution is 0.255. The van der Waals surface area contributed by atoms with E-state index in [9.17, 15) is 0 Å². The lowest BCUT2D eigenvalue weighted by atomic mass is 9.92. The first kappa shape index (κ1) is 14.2. The van der Waals surface area contributed by atoms with Gasteiger partial charge in [-0.2, -0.15) is 0 Å². The highest BCUT2D eigenvalue weighted by atomic mass is 15.2. The first-order chi connectivity index (χ1) is 9.20. The lowest BCUT2D eigenvalue weighted by Gasteiger charge is -2.29. The molecule has 106 valence electrons. The molecule has 0 aliphatic carbocycles. The Labute approximate surface area is 116 Å². The Morgan fingerprint density at radius 2 is 1.95 bits per heavy atom. The predicted molar refractivity (Wildman–Crippen MR) is 78.7 cm³/mol. The van der Waals surface area contributed by atoms with E-state index in [1.165, 1.54) is 31.5 Å². The average molecular weight is 263 g/mol. The maximum absolute atomic E-state index is 4.50. The van der Waals surface area contributed by atoms with E-state index in [0.717, 1.165) is 19.0 Å². The van der Waals surface area contributed by atoms with E-state index in [0.29, 0.717) is 5.92 Å². The summed E-state index contributed by atoms with van der Waals surface area (Å²) in [4.78, 5) is 13.5. The quantitative estimate of drug-likeness (QED) is 0.856. The van der Waals surface area contributed by atoms with E-state index in [1.807, 2.05) is 26.5 Å². The van der Waals surface area contributed by atoms with E-state index in [1.54, 1.807) is 0 Å². The molecule has 19 heavy (non-hydrogen) atoms. The van der Waals surface area contributed by atoms with Crippen LogP contribution in [0.25, 0.3) is 0 Å². The summed E-state index contributed by atoms with van der Waals surface area (Å²) in [7, 11) is 6.17. The number of nitrogens with one attached hydrogen (secondary N) is 1. The Hall–Kier alpha value is -1.20. The summed E-state index contributed by atoms with van der Waals surface area (Å²) in [5.41, 5.74) is 1.29. The van der Waals surface area contributed by atoms with Gasteiger partial charge >= 0.3 is 0 Å². The predicted octanol–water partition coefficient (Wildman–Crippen LogP) is 0.941. The second-order valence-electron chi connectivity index (χ2n) is 5.42. The molecule has 1 aromatic rings. The van der Waals surface area contributed by atoms with Gasteiger partial charge in [0.25, 0.3) is 0 Å². The Morgan fingerprint density at radius 3 is 2.53 bits per heavy atom. The van der Waals surface area contributed by atoms with E-state index in [2.05, 4.69) is 32.1 Å². The standard InChI is InChI=1S/C14H25N5/c1-15-6-9-19(3)14-16-10-13(11-17-14)12-4-7-18(2)8-5-12/h10-12,15H,4-9H2,1-3H3. The smallest absolute Gasteiger partial charge is 0.225 e. The third-order valence-electron chi connectivity index (χ3n) is 3.89. The van der Waals surface area contributed by atoms with E-state index < -0.39 is 0 Å². The molecule has 0 unspecified atom stereocenters. The highest BCUT2D eigenvalue weighted by molar-refractivity contribution is 5.29. The van der Waals surface area contributed by atoms with Crippen molar-refractivity contribution in [3.8, 4) is 0 Å². The summed E-state index contributed by atoms with van der Waals surface area (Å²) >= 11 is 0.